The molecule has 0 heterocycles. The van der Waals surface area contributed by atoms with Gasteiger partial charge in [0.2, 0.25) is 0 Å². The minimum absolute atomic E-state index is 0.851. The molecule has 0 amide bonds. The highest BCUT2D eigenvalue weighted by atomic mass is 28.4. The molecule has 0 bridgehead atoms. The van der Waals surface area contributed by atoms with Crippen molar-refractivity contribution in [2.75, 3.05) is 26.2 Å². The Morgan fingerprint density at radius 2 is 0.719 bits per heavy atom. The first-order valence-corrected chi connectivity index (χ1v) is 17.0. The normalized spacial score (nSPS) is 12.6. The molecule has 0 radical (unpaired) electrons. The molecule has 4 nitrogen and oxygen atoms in total. The van der Waals surface area contributed by atoms with Gasteiger partial charge < -0.3 is 20.7 Å². The first-order chi connectivity index (χ1) is 15.4. The highest BCUT2D eigenvalue weighted by molar-refractivity contribution is 6.70. The summed E-state index contributed by atoms with van der Waals surface area (Å²) in [5.74, 6) is 0. The lowest BCUT2D eigenvalue weighted by Gasteiger charge is -2.40. The maximum atomic E-state index is 5.98. The fourth-order valence-corrected chi connectivity index (χ4v) is 5.79. The summed E-state index contributed by atoms with van der Waals surface area (Å²) < 4.78 is 1.28. The predicted molar refractivity (Wildman–Crippen MR) is 148 cm³/mol. The number of quaternary nitrogens is 1. The minimum atomic E-state index is -2.40. The molecule has 0 aromatic heterocycles. The zero-order chi connectivity index (χ0) is 24.0. The van der Waals surface area contributed by atoms with Gasteiger partial charge in [-0.2, -0.15) is 0 Å². The smallest absolute Gasteiger partial charge is 0.273 e. The largest absolute Gasteiger partial charge is 0.327 e. The van der Waals surface area contributed by atoms with E-state index in [1.807, 2.05) is 0 Å². The van der Waals surface area contributed by atoms with E-state index < -0.39 is 8.56 Å². The van der Waals surface area contributed by atoms with E-state index in [9.17, 15) is 0 Å². The molecule has 5 heteroatoms. The number of hydrogen-bond donors (Lipinski definition) is 3. The van der Waals surface area contributed by atoms with E-state index in [1.165, 1.54) is 146 Å². The van der Waals surface area contributed by atoms with Crippen molar-refractivity contribution in [3.63, 3.8) is 0 Å². The molecule has 0 rings (SSSR count). The third-order valence-corrected chi connectivity index (χ3v) is 8.42. The summed E-state index contributed by atoms with van der Waals surface area (Å²) in [4.78, 5) is 0. The van der Waals surface area contributed by atoms with Gasteiger partial charge in [-0.1, -0.05) is 111 Å². The van der Waals surface area contributed by atoms with Crippen molar-refractivity contribution in [1.82, 2.24) is 0 Å². The molecule has 0 aliphatic carbocycles. The summed E-state index contributed by atoms with van der Waals surface area (Å²) in [6, 6.07) is 0.851. The van der Waals surface area contributed by atoms with E-state index in [0.717, 1.165) is 12.5 Å². The Morgan fingerprint density at radius 3 is 1.09 bits per heavy atom. The SMILES string of the molecule is CCCCCCCCCCCCCCCC[N+](CCCC)(CCCC)CCC[Si](N)(N)N. The van der Waals surface area contributed by atoms with Crippen LogP contribution in [0.5, 0.6) is 0 Å². The van der Waals surface area contributed by atoms with Gasteiger partial charge in [0.25, 0.3) is 8.56 Å². The van der Waals surface area contributed by atoms with Crippen molar-refractivity contribution < 1.29 is 4.48 Å². The Morgan fingerprint density at radius 1 is 0.406 bits per heavy atom. The molecule has 0 spiro atoms. The molecule has 0 saturated carbocycles. The van der Waals surface area contributed by atoms with Gasteiger partial charge in [0.15, 0.2) is 0 Å². The van der Waals surface area contributed by atoms with Crippen molar-refractivity contribution in [3.8, 4) is 0 Å². The summed E-state index contributed by atoms with van der Waals surface area (Å²) in [6.45, 7) is 12.1. The third-order valence-electron chi connectivity index (χ3n) is 7.20. The second kappa shape index (κ2) is 21.6. The van der Waals surface area contributed by atoms with Crippen molar-refractivity contribution in [3.05, 3.63) is 0 Å². The van der Waals surface area contributed by atoms with E-state index >= 15 is 0 Å². The standard InChI is InChI=1S/C27H63N4Si/c1-4-7-10-11-12-13-14-15-16-17-18-19-20-21-25-31(23-8-5-2,24-9-6-3)26-22-27-32(28,29)30/h4-30H2,1-3H3/q+1. The fraction of sp³-hybridized carbons (Fsp3) is 1.00. The molecule has 0 aliphatic rings. The van der Waals surface area contributed by atoms with Gasteiger partial charge in [0, 0.05) is 0 Å². The van der Waals surface area contributed by atoms with Gasteiger partial charge in [-0.25, -0.2) is 0 Å². The minimum Gasteiger partial charge on any atom is -0.327 e. The van der Waals surface area contributed by atoms with Crippen molar-refractivity contribution in [1.29, 1.82) is 0 Å². The Labute approximate surface area is 204 Å². The number of nitrogens with zero attached hydrogens (tertiary/aromatic N) is 1. The number of unbranched alkanes of at least 4 members (excludes halogenated alkanes) is 15. The van der Waals surface area contributed by atoms with Gasteiger partial charge in [0.1, 0.15) is 0 Å². The summed E-state index contributed by atoms with van der Waals surface area (Å²) in [5.41, 5.74) is 0. The van der Waals surface area contributed by atoms with Crippen molar-refractivity contribution >= 4 is 8.56 Å². The van der Waals surface area contributed by atoms with Gasteiger partial charge in [0.05, 0.1) is 26.2 Å². The Balaban J connectivity index is 4.05. The van der Waals surface area contributed by atoms with Crippen LogP contribution < -0.4 is 16.2 Å². The zero-order valence-electron chi connectivity index (χ0n) is 22.6. The van der Waals surface area contributed by atoms with Gasteiger partial charge in [-0.15, -0.1) is 0 Å². The van der Waals surface area contributed by atoms with Crippen LogP contribution in [0.1, 0.15) is 143 Å². The summed E-state index contributed by atoms with van der Waals surface area (Å²) in [5, 5.41) is 18.0. The lowest BCUT2D eigenvalue weighted by atomic mass is 10.0. The van der Waals surface area contributed by atoms with E-state index in [1.54, 1.807) is 0 Å². The zero-order valence-corrected chi connectivity index (χ0v) is 23.6. The molecular weight excluding hydrogens is 408 g/mol. The fourth-order valence-electron chi connectivity index (χ4n) is 5.02. The average molecular weight is 472 g/mol. The monoisotopic (exact) mass is 471 g/mol. The summed E-state index contributed by atoms with van der Waals surface area (Å²) >= 11 is 0. The highest BCUT2D eigenvalue weighted by Gasteiger charge is 2.27. The molecule has 0 saturated heterocycles. The van der Waals surface area contributed by atoms with Gasteiger partial charge >= 0.3 is 0 Å². The van der Waals surface area contributed by atoms with E-state index in [0.29, 0.717) is 0 Å². The van der Waals surface area contributed by atoms with Crippen LogP contribution in [0.3, 0.4) is 0 Å². The van der Waals surface area contributed by atoms with Crippen LogP contribution in [-0.2, 0) is 0 Å². The second-order valence-corrected chi connectivity index (χ2v) is 13.5. The topological polar surface area (TPSA) is 78.1 Å². The molecular formula is C27H63N4Si+. The second-order valence-electron chi connectivity index (χ2n) is 10.8. The molecule has 194 valence electrons. The van der Waals surface area contributed by atoms with Crippen LogP contribution in [0.4, 0.5) is 0 Å². The van der Waals surface area contributed by atoms with Crippen molar-refractivity contribution in [2.24, 2.45) is 16.2 Å². The maximum absolute atomic E-state index is 5.98. The van der Waals surface area contributed by atoms with Gasteiger partial charge in [-0.3, -0.25) is 0 Å². The van der Waals surface area contributed by atoms with Crippen LogP contribution in [0.15, 0.2) is 0 Å². The first-order valence-electron chi connectivity index (χ1n) is 14.6. The van der Waals surface area contributed by atoms with Crippen LogP contribution in [-0.4, -0.2) is 39.2 Å². The molecule has 0 aromatic carbocycles. The van der Waals surface area contributed by atoms with Crippen molar-refractivity contribution in [2.45, 2.75) is 149 Å². The molecule has 0 fully saturated rings. The maximum Gasteiger partial charge on any atom is 0.273 e. The first kappa shape index (κ1) is 32.1. The average Bonchev–Trinajstić information content (AvgIpc) is 2.75. The quantitative estimate of drug-likeness (QED) is 0.0755. The Hall–Kier alpha value is 0.0569. The number of nitrogens with two attached hydrogens (primary N) is 3. The summed E-state index contributed by atoms with van der Waals surface area (Å²) in [7, 11) is -2.40. The molecule has 0 unspecified atom stereocenters. The lowest BCUT2D eigenvalue weighted by Crippen LogP contribution is -2.65. The predicted octanol–water partition coefficient (Wildman–Crippen LogP) is 7.09. The van der Waals surface area contributed by atoms with Crippen LogP contribution in [0.2, 0.25) is 6.04 Å². The van der Waals surface area contributed by atoms with Crippen LogP contribution in [0, 0.1) is 0 Å². The van der Waals surface area contributed by atoms with Crippen LogP contribution in [0.25, 0.3) is 0 Å². The Kier molecular flexibility index (Phi) is 21.6. The van der Waals surface area contributed by atoms with E-state index in [2.05, 4.69) is 20.8 Å². The van der Waals surface area contributed by atoms with E-state index in [4.69, 9.17) is 16.2 Å². The molecule has 6 N–H and O–H groups in total. The molecule has 0 aliphatic heterocycles. The van der Waals surface area contributed by atoms with E-state index in [-0.39, 0.29) is 0 Å². The summed E-state index contributed by atoms with van der Waals surface area (Å²) in [6.07, 6.45) is 26.4. The Bertz CT molecular complexity index is 376. The van der Waals surface area contributed by atoms with Gasteiger partial charge in [-0.05, 0) is 38.1 Å². The number of rotatable bonds is 25. The third kappa shape index (κ3) is 20.6. The highest BCUT2D eigenvalue weighted by Crippen LogP contribution is 2.19. The molecule has 32 heavy (non-hydrogen) atoms. The lowest BCUT2D eigenvalue weighted by molar-refractivity contribution is -0.929. The molecule has 0 aromatic rings. The van der Waals surface area contributed by atoms with Crippen LogP contribution >= 0.6 is 0 Å². The molecule has 0 atom stereocenters. The number of hydrogen-bond acceptors (Lipinski definition) is 3.